The Labute approximate surface area is 373 Å². The van der Waals surface area contributed by atoms with Crippen LogP contribution in [0.1, 0.15) is 47.2 Å². The molecule has 0 unspecified atom stereocenters. The first-order valence-electron chi connectivity index (χ1n) is 21.6. The molecule has 0 radical (unpaired) electrons. The highest BCUT2D eigenvalue weighted by molar-refractivity contribution is 5.75. The average molecular weight is 823 g/mol. The van der Waals surface area contributed by atoms with Crippen molar-refractivity contribution in [2.24, 2.45) is 0 Å². The van der Waals surface area contributed by atoms with E-state index in [-0.39, 0.29) is 5.41 Å². The molecule has 2 aromatic heterocycles. The summed E-state index contributed by atoms with van der Waals surface area (Å²) in [6, 6.07) is 75.9. The van der Waals surface area contributed by atoms with Gasteiger partial charge >= 0.3 is 0 Å². The molecule has 10 aromatic rings. The van der Waals surface area contributed by atoms with Gasteiger partial charge in [-0.1, -0.05) is 220 Å². The van der Waals surface area contributed by atoms with Gasteiger partial charge in [-0.25, -0.2) is 29.9 Å². The lowest BCUT2D eigenvalue weighted by Gasteiger charge is -2.48. The second-order valence-electron chi connectivity index (χ2n) is 16.7. The third-order valence-corrected chi connectivity index (χ3v) is 12.5. The summed E-state index contributed by atoms with van der Waals surface area (Å²) in [4.78, 5) is 30.7. The third kappa shape index (κ3) is 6.68. The minimum absolute atomic E-state index is 0.279. The van der Waals surface area contributed by atoms with Crippen LogP contribution in [0.4, 0.5) is 0 Å². The number of hydrogen-bond acceptors (Lipinski definition) is 6. The van der Waals surface area contributed by atoms with E-state index in [0.717, 1.165) is 44.5 Å². The minimum atomic E-state index is -0.774. The zero-order valence-corrected chi connectivity index (χ0v) is 35.5. The Balaban J connectivity index is 1.17. The summed E-state index contributed by atoms with van der Waals surface area (Å²) in [5, 5.41) is 0. The Kier molecular flexibility index (Phi) is 9.62. The highest BCUT2D eigenvalue weighted by atomic mass is 15.0. The van der Waals surface area contributed by atoms with Crippen molar-refractivity contribution < 1.29 is 0 Å². The average Bonchev–Trinajstić information content (AvgIpc) is 3.37. The first-order valence-corrected chi connectivity index (χ1v) is 21.6. The molecule has 1 aliphatic rings. The molecule has 1 aliphatic carbocycles. The van der Waals surface area contributed by atoms with Gasteiger partial charge in [-0.2, -0.15) is 0 Å². The van der Waals surface area contributed by atoms with Crippen LogP contribution in [-0.2, 0) is 10.8 Å². The predicted molar refractivity (Wildman–Crippen MR) is 256 cm³/mol. The van der Waals surface area contributed by atoms with Gasteiger partial charge in [0.2, 0.25) is 0 Å². The molecule has 0 saturated heterocycles. The Bertz CT molecular complexity index is 2960. The molecule has 64 heavy (non-hydrogen) atoms. The van der Waals surface area contributed by atoms with Crippen molar-refractivity contribution >= 4 is 0 Å². The van der Waals surface area contributed by atoms with Crippen molar-refractivity contribution in [3.8, 4) is 68.3 Å². The largest absolute Gasteiger partial charge is 0.208 e. The fourth-order valence-electron chi connectivity index (χ4n) is 9.45. The SMILES string of the molecule is CC1(C)c2ccccc2C(c2cccc(-c3nc(-c4ccccc4)nc(-c4ccccc4)n3)c2)(c2cccc(-c3nc(-c4ccccc4)nc(-c4ccccc4)n3)c2)c2ccccc21. The Hall–Kier alpha value is -8.22. The summed E-state index contributed by atoms with van der Waals surface area (Å²) in [6.45, 7) is 4.67. The van der Waals surface area contributed by atoms with E-state index in [0.29, 0.717) is 34.9 Å². The maximum Gasteiger partial charge on any atom is 0.164 e. The number of benzene rings is 8. The summed E-state index contributed by atoms with van der Waals surface area (Å²) in [5.41, 5.74) is 11.6. The molecule has 0 bridgehead atoms. The predicted octanol–water partition coefficient (Wildman–Crippen LogP) is 13.1. The van der Waals surface area contributed by atoms with Gasteiger partial charge in [0.25, 0.3) is 0 Å². The number of nitrogens with zero attached hydrogens (tertiary/aromatic N) is 6. The molecule has 0 fully saturated rings. The van der Waals surface area contributed by atoms with Crippen LogP contribution in [0.15, 0.2) is 218 Å². The molecule has 8 aromatic carbocycles. The molecule has 6 nitrogen and oxygen atoms in total. The fourth-order valence-corrected chi connectivity index (χ4v) is 9.45. The van der Waals surface area contributed by atoms with Gasteiger partial charge < -0.3 is 0 Å². The smallest absolute Gasteiger partial charge is 0.164 e. The van der Waals surface area contributed by atoms with Crippen molar-refractivity contribution in [2.75, 3.05) is 0 Å². The van der Waals surface area contributed by atoms with Crippen molar-refractivity contribution in [2.45, 2.75) is 24.7 Å². The van der Waals surface area contributed by atoms with E-state index >= 15 is 0 Å². The van der Waals surface area contributed by atoms with E-state index in [4.69, 9.17) is 29.9 Å². The molecule has 0 N–H and O–H groups in total. The molecule has 0 atom stereocenters. The van der Waals surface area contributed by atoms with Crippen LogP contribution in [0.3, 0.4) is 0 Å². The maximum absolute atomic E-state index is 5.17. The van der Waals surface area contributed by atoms with Gasteiger partial charge in [0.05, 0.1) is 5.41 Å². The molecule has 2 heterocycles. The zero-order valence-electron chi connectivity index (χ0n) is 35.5. The van der Waals surface area contributed by atoms with Crippen LogP contribution in [0, 0.1) is 0 Å². The van der Waals surface area contributed by atoms with Crippen molar-refractivity contribution in [3.05, 3.63) is 252 Å². The maximum atomic E-state index is 5.17. The molecule has 6 heteroatoms. The second-order valence-corrected chi connectivity index (χ2v) is 16.7. The van der Waals surface area contributed by atoms with Crippen LogP contribution in [0.5, 0.6) is 0 Å². The first-order chi connectivity index (χ1) is 31.5. The lowest BCUT2D eigenvalue weighted by Crippen LogP contribution is -2.41. The summed E-state index contributed by atoms with van der Waals surface area (Å²) in [6.07, 6.45) is 0. The highest BCUT2D eigenvalue weighted by Crippen LogP contribution is 2.56. The molecule has 0 aliphatic heterocycles. The van der Waals surface area contributed by atoms with E-state index in [2.05, 4.69) is 111 Å². The highest BCUT2D eigenvalue weighted by Gasteiger charge is 2.49. The van der Waals surface area contributed by atoms with Gasteiger partial charge in [0.15, 0.2) is 34.9 Å². The summed E-state index contributed by atoms with van der Waals surface area (Å²) >= 11 is 0. The standard InChI is InChI=1S/C58H42N6/c1-57(2)47-33-15-17-35-49(47)58(50-36-18-16-34-48(50)57,45-31-19-29-43(37-45)55-61-51(39-21-7-3-8-22-39)59-52(62-55)40-23-9-4-10-24-40)46-32-20-30-44(38-46)56-63-53(41-25-11-5-12-26-41)60-54(64-56)42-27-13-6-14-28-42/h3-38H,1-2H3. The van der Waals surface area contributed by atoms with Gasteiger partial charge in [-0.05, 0) is 45.5 Å². The van der Waals surface area contributed by atoms with Gasteiger partial charge in [0.1, 0.15) is 0 Å². The van der Waals surface area contributed by atoms with E-state index in [1.807, 2.05) is 121 Å². The lowest BCUT2D eigenvalue weighted by atomic mass is 9.54. The summed E-state index contributed by atoms with van der Waals surface area (Å²) < 4.78 is 0. The first kappa shape index (κ1) is 38.7. The number of aromatic nitrogens is 6. The van der Waals surface area contributed by atoms with Crippen LogP contribution >= 0.6 is 0 Å². The number of fused-ring (bicyclic) bond motifs is 2. The molecule has 0 spiro atoms. The normalized spacial score (nSPS) is 13.4. The van der Waals surface area contributed by atoms with Crippen molar-refractivity contribution in [3.63, 3.8) is 0 Å². The van der Waals surface area contributed by atoms with E-state index < -0.39 is 5.41 Å². The molecule has 11 rings (SSSR count). The zero-order chi connectivity index (χ0) is 43.1. The molecule has 0 amide bonds. The van der Waals surface area contributed by atoms with Gasteiger partial charge in [-0.15, -0.1) is 0 Å². The molecule has 0 saturated carbocycles. The van der Waals surface area contributed by atoms with Gasteiger partial charge in [-0.3, -0.25) is 0 Å². The fraction of sp³-hybridized carbons (Fsp3) is 0.0690. The minimum Gasteiger partial charge on any atom is -0.208 e. The van der Waals surface area contributed by atoms with Crippen LogP contribution in [0.2, 0.25) is 0 Å². The van der Waals surface area contributed by atoms with Crippen molar-refractivity contribution in [1.82, 2.24) is 29.9 Å². The summed E-state index contributed by atoms with van der Waals surface area (Å²) in [5.74, 6) is 3.68. The van der Waals surface area contributed by atoms with Gasteiger partial charge in [0, 0.05) is 38.8 Å². The monoisotopic (exact) mass is 822 g/mol. The van der Waals surface area contributed by atoms with Crippen LogP contribution in [0.25, 0.3) is 68.3 Å². The Morgan fingerprint density at radius 3 is 0.812 bits per heavy atom. The molecular weight excluding hydrogens is 781 g/mol. The lowest BCUT2D eigenvalue weighted by molar-refractivity contribution is 0.558. The van der Waals surface area contributed by atoms with Crippen LogP contribution < -0.4 is 0 Å². The quantitative estimate of drug-likeness (QED) is 0.152. The second kappa shape index (κ2) is 15.9. The Morgan fingerprint density at radius 1 is 0.250 bits per heavy atom. The summed E-state index contributed by atoms with van der Waals surface area (Å²) in [7, 11) is 0. The number of rotatable bonds is 8. The van der Waals surface area contributed by atoms with E-state index in [1.54, 1.807) is 0 Å². The van der Waals surface area contributed by atoms with E-state index in [1.165, 1.54) is 22.3 Å². The van der Waals surface area contributed by atoms with Crippen molar-refractivity contribution in [1.29, 1.82) is 0 Å². The molecular formula is C58H42N6. The Morgan fingerprint density at radius 2 is 0.500 bits per heavy atom. The van der Waals surface area contributed by atoms with Crippen LogP contribution in [-0.4, -0.2) is 29.9 Å². The van der Waals surface area contributed by atoms with E-state index in [9.17, 15) is 0 Å². The topological polar surface area (TPSA) is 77.3 Å². The number of hydrogen-bond donors (Lipinski definition) is 0. The molecule has 304 valence electrons. The third-order valence-electron chi connectivity index (χ3n) is 12.5.